The molecule has 3 rings (SSSR count). The third kappa shape index (κ3) is 3.24. The number of halogens is 1. The van der Waals surface area contributed by atoms with Gasteiger partial charge in [0.05, 0.1) is 0 Å². The Morgan fingerprint density at radius 3 is 2.62 bits per heavy atom. The molecule has 0 aromatic carbocycles. The lowest BCUT2D eigenvalue weighted by atomic mass is 9.95. The Balaban J connectivity index is 0.00000208. The van der Waals surface area contributed by atoms with Gasteiger partial charge in [0.1, 0.15) is 11.6 Å². The highest BCUT2D eigenvalue weighted by Crippen LogP contribution is 2.35. The number of imide groups is 1. The van der Waals surface area contributed by atoms with E-state index in [0.717, 1.165) is 37.3 Å². The second-order valence-corrected chi connectivity index (χ2v) is 7.16. The molecule has 2 heterocycles. The predicted molar refractivity (Wildman–Crippen MR) is 91.9 cm³/mol. The van der Waals surface area contributed by atoms with E-state index in [-0.39, 0.29) is 30.3 Å². The summed E-state index contributed by atoms with van der Waals surface area (Å²) in [6, 6.07) is -1.12. The number of carbonyl (C=O) groups excluding carboxylic acids is 3. The molecule has 3 fully saturated rings. The van der Waals surface area contributed by atoms with Gasteiger partial charge in [0.2, 0.25) is 5.91 Å². The van der Waals surface area contributed by atoms with Crippen molar-refractivity contribution in [2.45, 2.75) is 63.6 Å². The van der Waals surface area contributed by atoms with Gasteiger partial charge >= 0.3 is 6.03 Å². The molecule has 7 nitrogen and oxygen atoms in total. The van der Waals surface area contributed by atoms with Crippen LogP contribution in [0.25, 0.3) is 0 Å². The van der Waals surface area contributed by atoms with Crippen LogP contribution in [0.1, 0.15) is 46.0 Å². The largest absolute Gasteiger partial charge is 0.351 e. The van der Waals surface area contributed by atoms with E-state index in [0.29, 0.717) is 18.8 Å². The summed E-state index contributed by atoms with van der Waals surface area (Å²) in [6.07, 6.45) is 4.09. The van der Waals surface area contributed by atoms with Crippen LogP contribution in [0.5, 0.6) is 0 Å². The van der Waals surface area contributed by atoms with Crippen molar-refractivity contribution in [1.82, 2.24) is 20.9 Å². The first-order valence-corrected chi connectivity index (χ1v) is 8.61. The van der Waals surface area contributed by atoms with E-state index in [1.807, 2.05) is 0 Å². The Kier molecular flexibility index (Phi) is 5.75. The van der Waals surface area contributed by atoms with Gasteiger partial charge in [-0.1, -0.05) is 19.8 Å². The molecule has 0 radical (unpaired) electrons. The summed E-state index contributed by atoms with van der Waals surface area (Å²) in [5.74, 6) is -0.146. The second-order valence-electron chi connectivity index (χ2n) is 7.16. The summed E-state index contributed by atoms with van der Waals surface area (Å²) in [6.45, 7) is 5.46. The van der Waals surface area contributed by atoms with Gasteiger partial charge in [0, 0.05) is 6.04 Å². The van der Waals surface area contributed by atoms with Gasteiger partial charge in [0.25, 0.3) is 5.91 Å². The van der Waals surface area contributed by atoms with Gasteiger partial charge in [0.15, 0.2) is 0 Å². The van der Waals surface area contributed by atoms with Crippen LogP contribution in [-0.2, 0) is 9.59 Å². The smallest absolute Gasteiger partial charge is 0.325 e. The van der Waals surface area contributed by atoms with E-state index < -0.39 is 17.6 Å². The Hall–Kier alpha value is -1.34. The zero-order valence-electron chi connectivity index (χ0n) is 14.3. The van der Waals surface area contributed by atoms with Crippen LogP contribution in [0.4, 0.5) is 4.79 Å². The van der Waals surface area contributed by atoms with Crippen molar-refractivity contribution in [3.8, 4) is 0 Å². The average molecular weight is 359 g/mol. The first-order chi connectivity index (χ1) is 10.9. The van der Waals surface area contributed by atoms with E-state index in [1.165, 1.54) is 0 Å². The molecule has 3 N–H and O–H groups in total. The number of hydrogen-bond acceptors (Lipinski definition) is 4. The zero-order valence-corrected chi connectivity index (χ0v) is 15.1. The van der Waals surface area contributed by atoms with Gasteiger partial charge in [-0.25, -0.2) is 9.69 Å². The molecule has 8 heteroatoms. The van der Waals surface area contributed by atoms with Crippen LogP contribution in [0.3, 0.4) is 0 Å². The zero-order chi connectivity index (χ0) is 16.6. The molecule has 136 valence electrons. The van der Waals surface area contributed by atoms with E-state index in [2.05, 4.69) is 22.9 Å². The monoisotopic (exact) mass is 358 g/mol. The molecular formula is C16H27ClN4O3. The van der Waals surface area contributed by atoms with Gasteiger partial charge in [-0.2, -0.15) is 0 Å². The Bertz CT molecular complexity index is 521. The lowest BCUT2D eigenvalue weighted by molar-refractivity contribution is -0.138. The molecule has 2 saturated heterocycles. The molecule has 1 spiro atoms. The molecule has 0 bridgehead atoms. The number of urea groups is 1. The first-order valence-electron chi connectivity index (χ1n) is 8.61. The standard InChI is InChI=1S/C16H26N4O3.ClH/c1-10-9-17-8-5-12(10)18-13(21)11(2)20-14(22)16(19-15(20)23)6-3-4-7-16;/h10-12,17H,3-9H2,1-2H3,(H,18,21)(H,19,23);1H. The minimum absolute atomic E-state index is 0. The average Bonchev–Trinajstić information content (AvgIpc) is 3.07. The fourth-order valence-electron chi connectivity index (χ4n) is 3.96. The quantitative estimate of drug-likeness (QED) is 0.650. The van der Waals surface area contributed by atoms with Gasteiger partial charge < -0.3 is 16.0 Å². The molecule has 4 amide bonds. The van der Waals surface area contributed by atoms with Crippen molar-refractivity contribution in [2.24, 2.45) is 5.92 Å². The van der Waals surface area contributed by atoms with Gasteiger partial charge in [-0.3, -0.25) is 9.59 Å². The molecule has 3 unspecified atom stereocenters. The number of piperidine rings is 1. The highest BCUT2D eigenvalue weighted by atomic mass is 35.5. The van der Waals surface area contributed by atoms with Crippen LogP contribution in [-0.4, -0.2) is 53.5 Å². The van der Waals surface area contributed by atoms with Gasteiger partial charge in [-0.05, 0) is 45.2 Å². The van der Waals surface area contributed by atoms with Crippen molar-refractivity contribution in [1.29, 1.82) is 0 Å². The summed E-state index contributed by atoms with van der Waals surface area (Å²) in [7, 11) is 0. The number of amides is 4. The Labute approximate surface area is 148 Å². The summed E-state index contributed by atoms with van der Waals surface area (Å²) in [4.78, 5) is 38.6. The molecule has 1 aliphatic carbocycles. The summed E-state index contributed by atoms with van der Waals surface area (Å²) in [5, 5.41) is 9.13. The SMILES string of the molecule is CC1CNCCC1NC(=O)C(C)N1C(=O)NC2(CCCC2)C1=O.Cl. The molecule has 2 aliphatic heterocycles. The maximum absolute atomic E-state index is 12.7. The molecule has 24 heavy (non-hydrogen) atoms. The lowest BCUT2D eigenvalue weighted by Gasteiger charge is -2.32. The molecule has 3 atom stereocenters. The van der Waals surface area contributed by atoms with Crippen molar-refractivity contribution in [2.75, 3.05) is 13.1 Å². The number of nitrogens with zero attached hydrogens (tertiary/aromatic N) is 1. The Morgan fingerprint density at radius 2 is 2.00 bits per heavy atom. The maximum Gasteiger partial charge on any atom is 0.325 e. The summed E-state index contributed by atoms with van der Waals surface area (Å²) >= 11 is 0. The van der Waals surface area contributed by atoms with E-state index in [1.54, 1.807) is 6.92 Å². The van der Waals surface area contributed by atoms with E-state index >= 15 is 0 Å². The van der Waals surface area contributed by atoms with Crippen LogP contribution in [0, 0.1) is 5.92 Å². The van der Waals surface area contributed by atoms with Gasteiger partial charge in [-0.15, -0.1) is 12.4 Å². The highest BCUT2D eigenvalue weighted by Gasteiger charge is 2.54. The summed E-state index contributed by atoms with van der Waals surface area (Å²) < 4.78 is 0. The topological polar surface area (TPSA) is 90.5 Å². The molecule has 0 aromatic heterocycles. The van der Waals surface area contributed by atoms with Crippen LogP contribution in [0.15, 0.2) is 0 Å². The van der Waals surface area contributed by atoms with E-state index in [4.69, 9.17) is 0 Å². The third-order valence-electron chi connectivity index (χ3n) is 5.53. The number of carbonyl (C=O) groups is 3. The molecule has 0 aromatic rings. The molecule has 3 aliphatic rings. The number of nitrogens with one attached hydrogen (secondary N) is 3. The minimum atomic E-state index is -0.774. The van der Waals surface area contributed by atoms with Crippen LogP contribution >= 0.6 is 12.4 Å². The lowest BCUT2D eigenvalue weighted by Crippen LogP contribution is -2.55. The predicted octanol–water partition coefficient (Wildman–Crippen LogP) is 0.776. The second kappa shape index (κ2) is 7.27. The minimum Gasteiger partial charge on any atom is -0.351 e. The maximum atomic E-state index is 12.7. The van der Waals surface area contributed by atoms with E-state index in [9.17, 15) is 14.4 Å². The normalized spacial score (nSPS) is 30.0. The number of hydrogen-bond donors (Lipinski definition) is 3. The molecular weight excluding hydrogens is 332 g/mol. The first kappa shape index (κ1) is 19.0. The van der Waals surface area contributed by atoms with Crippen molar-refractivity contribution in [3.05, 3.63) is 0 Å². The number of rotatable bonds is 3. The van der Waals surface area contributed by atoms with Crippen molar-refractivity contribution in [3.63, 3.8) is 0 Å². The summed E-state index contributed by atoms with van der Waals surface area (Å²) in [5.41, 5.74) is -0.756. The van der Waals surface area contributed by atoms with Crippen molar-refractivity contribution >= 4 is 30.3 Å². The molecule has 1 saturated carbocycles. The van der Waals surface area contributed by atoms with Crippen LogP contribution < -0.4 is 16.0 Å². The fraction of sp³-hybridized carbons (Fsp3) is 0.812. The van der Waals surface area contributed by atoms with Crippen molar-refractivity contribution < 1.29 is 14.4 Å². The third-order valence-corrected chi connectivity index (χ3v) is 5.53. The Morgan fingerprint density at radius 1 is 1.33 bits per heavy atom. The fourth-order valence-corrected chi connectivity index (χ4v) is 3.96. The highest BCUT2D eigenvalue weighted by molar-refractivity contribution is 6.10. The van der Waals surface area contributed by atoms with Crippen LogP contribution in [0.2, 0.25) is 0 Å².